The molecule has 1 aromatic heterocycles. The number of hydrogen-bond acceptors (Lipinski definition) is 4. The van der Waals surface area contributed by atoms with Crippen LogP contribution >= 0.6 is 0 Å². The molecule has 18 heavy (non-hydrogen) atoms. The van der Waals surface area contributed by atoms with Gasteiger partial charge >= 0.3 is 0 Å². The quantitative estimate of drug-likeness (QED) is 0.845. The highest BCUT2D eigenvalue weighted by atomic mass is 19.1. The largest absolute Gasteiger partial charge is 0.367 e. The Labute approximate surface area is 107 Å². The van der Waals surface area contributed by atoms with E-state index in [1.165, 1.54) is 31.9 Å². The average Bonchev–Trinajstić information content (AvgIpc) is 2.87. The van der Waals surface area contributed by atoms with E-state index in [1.807, 2.05) is 0 Å². The van der Waals surface area contributed by atoms with Crippen molar-refractivity contribution < 1.29 is 4.39 Å². The molecule has 1 fully saturated rings. The summed E-state index contributed by atoms with van der Waals surface area (Å²) in [6.45, 7) is 3.00. The van der Waals surface area contributed by atoms with Crippen LogP contribution in [0.2, 0.25) is 0 Å². The highest BCUT2D eigenvalue weighted by molar-refractivity contribution is 5.41. The number of rotatable bonds is 5. The lowest BCUT2D eigenvalue weighted by Crippen LogP contribution is -2.26. The summed E-state index contributed by atoms with van der Waals surface area (Å²) in [7, 11) is 1.72. The Morgan fingerprint density at radius 2 is 2.11 bits per heavy atom. The fourth-order valence-electron chi connectivity index (χ4n) is 2.66. The number of anilines is 2. The van der Waals surface area contributed by atoms with E-state index >= 15 is 0 Å². The highest BCUT2D eigenvalue weighted by Gasteiger charge is 2.31. The third-order valence-corrected chi connectivity index (χ3v) is 4.01. The van der Waals surface area contributed by atoms with Gasteiger partial charge in [-0.15, -0.1) is 0 Å². The third kappa shape index (κ3) is 2.71. The lowest BCUT2D eigenvalue weighted by Gasteiger charge is -2.28. The van der Waals surface area contributed by atoms with Crippen LogP contribution < -0.4 is 10.6 Å². The van der Waals surface area contributed by atoms with Crippen molar-refractivity contribution in [2.45, 2.75) is 39.0 Å². The van der Waals surface area contributed by atoms with Crippen LogP contribution in [0, 0.1) is 11.2 Å². The number of aromatic nitrogens is 2. The Kier molecular flexibility index (Phi) is 3.99. The molecule has 0 saturated heterocycles. The van der Waals surface area contributed by atoms with Crippen molar-refractivity contribution in [2.24, 2.45) is 5.41 Å². The molecule has 1 saturated carbocycles. The molecule has 1 aliphatic carbocycles. The molecule has 0 aromatic carbocycles. The van der Waals surface area contributed by atoms with E-state index in [1.54, 1.807) is 7.05 Å². The van der Waals surface area contributed by atoms with Crippen molar-refractivity contribution in [2.75, 3.05) is 24.2 Å². The molecule has 1 heterocycles. The van der Waals surface area contributed by atoms with E-state index in [4.69, 9.17) is 0 Å². The molecule has 4 nitrogen and oxygen atoms in total. The molecule has 5 heteroatoms. The van der Waals surface area contributed by atoms with Crippen molar-refractivity contribution >= 4 is 11.8 Å². The zero-order chi connectivity index (χ0) is 13.0. The monoisotopic (exact) mass is 252 g/mol. The third-order valence-electron chi connectivity index (χ3n) is 4.01. The van der Waals surface area contributed by atoms with Crippen LogP contribution in [0.25, 0.3) is 0 Å². The predicted octanol–water partition coefficient (Wildman–Crippen LogP) is 3.04. The van der Waals surface area contributed by atoms with E-state index in [2.05, 4.69) is 27.5 Å². The average molecular weight is 252 g/mol. The van der Waals surface area contributed by atoms with Gasteiger partial charge in [0.2, 0.25) is 5.95 Å². The molecular formula is C13H21FN4. The fraction of sp³-hybridized carbons (Fsp3) is 0.692. The molecule has 1 aromatic rings. The van der Waals surface area contributed by atoms with Crippen LogP contribution in [-0.4, -0.2) is 23.6 Å². The molecule has 0 spiro atoms. The summed E-state index contributed by atoms with van der Waals surface area (Å²) in [5.41, 5.74) is 0.317. The Bertz CT molecular complexity index is 402. The summed E-state index contributed by atoms with van der Waals surface area (Å²) in [5.74, 6) is 0.350. The Morgan fingerprint density at radius 1 is 1.39 bits per heavy atom. The van der Waals surface area contributed by atoms with Crippen LogP contribution in [0.5, 0.6) is 0 Å². The number of nitrogens with one attached hydrogen (secondary N) is 2. The first-order valence-corrected chi connectivity index (χ1v) is 6.63. The lowest BCUT2D eigenvalue weighted by molar-refractivity contribution is 0.306. The van der Waals surface area contributed by atoms with Crippen molar-refractivity contribution in [3.63, 3.8) is 0 Å². The van der Waals surface area contributed by atoms with Gasteiger partial charge in [-0.05, 0) is 24.7 Å². The molecule has 0 bridgehead atoms. The second-order valence-corrected chi connectivity index (χ2v) is 5.05. The highest BCUT2D eigenvalue weighted by Crippen LogP contribution is 2.40. The topological polar surface area (TPSA) is 49.8 Å². The first kappa shape index (κ1) is 13.1. The van der Waals surface area contributed by atoms with Crippen molar-refractivity contribution in [1.29, 1.82) is 0 Å². The molecule has 1 aliphatic rings. The maximum absolute atomic E-state index is 13.6. The standard InChI is InChI=1S/C13H21FN4/c1-3-13(6-4-5-7-13)9-17-11-10(14)8-16-12(15-2)18-11/h8H,3-7,9H2,1-2H3,(H2,15,16,17,18). The van der Waals surface area contributed by atoms with Crippen LogP contribution in [0.1, 0.15) is 39.0 Å². The first-order chi connectivity index (χ1) is 8.69. The second kappa shape index (κ2) is 5.50. The van der Waals surface area contributed by atoms with Crippen LogP contribution in [0.4, 0.5) is 16.2 Å². The molecule has 0 radical (unpaired) electrons. The number of halogens is 1. The normalized spacial score (nSPS) is 17.7. The van der Waals surface area contributed by atoms with E-state index in [0.717, 1.165) is 13.0 Å². The Balaban J connectivity index is 2.05. The fourth-order valence-corrected chi connectivity index (χ4v) is 2.66. The number of nitrogens with zero attached hydrogens (tertiary/aromatic N) is 2. The summed E-state index contributed by atoms with van der Waals surface area (Å²) in [4.78, 5) is 7.95. The molecule has 2 rings (SSSR count). The summed E-state index contributed by atoms with van der Waals surface area (Å²) >= 11 is 0. The Hall–Kier alpha value is -1.39. The van der Waals surface area contributed by atoms with E-state index in [-0.39, 0.29) is 0 Å². The SMILES string of the molecule is CCC1(CNc2nc(NC)ncc2F)CCCC1. The predicted molar refractivity (Wildman–Crippen MR) is 71.2 cm³/mol. The maximum Gasteiger partial charge on any atom is 0.224 e. The first-order valence-electron chi connectivity index (χ1n) is 6.63. The van der Waals surface area contributed by atoms with Gasteiger partial charge in [-0.3, -0.25) is 0 Å². The second-order valence-electron chi connectivity index (χ2n) is 5.05. The van der Waals surface area contributed by atoms with Crippen LogP contribution in [-0.2, 0) is 0 Å². The molecule has 2 N–H and O–H groups in total. The summed E-state index contributed by atoms with van der Waals surface area (Å²) < 4.78 is 13.6. The van der Waals surface area contributed by atoms with Gasteiger partial charge in [0.1, 0.15) is 0 Å². The van der Waals surface area contributed by atoms with Crippen LogP contribution in [0.15, 0.2) is 6.20 Å². The van der Waals surface area contributed by atoms with Gasteiger partial charge in [-0.25, -0.2) is 9.37 Å². The van der Waals surface area contributed by atoms with Gasteiger partial charge in [-0.2, -0.15) is 4.98 Å². The zero-order valence-electron chi connectivity index (χ0n) is 11.1. The van der Waals surface area contributed by atoms with Gasteiger partial charge in [0, 0.05) is 13.6 Å². The number of hydrogen-bond donors (Lipinski definition) is 2. The Morgan fingerprint density at radius 3 is 2.72 bits per heavy atom. The lowest BCUT2D eigenvalue weighted by atomic mass is 9.83. The molecule has 100 valence electrons. The van der Waals surface area contributed by atoms with Crippen molar-refractivity contribution in [3.8, 4) is 0 Å². The van der Waals surface area contributed by atoms with Crippen LogP contribution in [0.3, 0.4) is 0 Å². The van der Waals surface area contributed by atoms with E-state index < -0.39 is 5.82 Å². The minimum absolute atomic E-state index is 0.300. The van der Waals surface area contributed by atoms with Crippen molar-refractivity contribution in [1.82, 2.24) is 9.97 Å². The summed E-state index contributed by atoms with van der Waals surface area (Å²) in [6.07, 6.45) is 7.34. The van der Waals surface area contributed by atoms with Gasteiger partial charge in [-0.1, -0.05) is 19.8 Å². The molecule has 0 atom stereocenters. The van der Waals surface area contributed by atoms with E-state index in [0.29, 0.717) is 17.2 Å². The minimum Gasteiger partial charge on any atom is -0.367 e. The van der Waals surface area contributed by atoms with E-state index in [9.17, 15) is 4.39 Å². The van der Waals surface area contributed by atoms with Crippen molar-refractivity contribution in [3.05, 3.63) is 12.0 Å². The molecular weight excluding hydrogens is 231 g/mol. The smallest absolute Gasteiger partial charge is 0.224 e. The van der Waals surface area contributed by atoms with Gasteiger partial charge in [0.15, 0.2) is 11.6 Å². The van der Waals surface area contributed by atoms with Gasteiger partial charge in [0.05, 0.1) is 6.20 Å². The molecule has 0 aliphatic heterocycles. The zero-order valence-corrected chi connectivity index (χ0v) is 11.1. The summed E-state index contributed by atoms with van der Waals surface area (Å²) in [6, 6.07) is 0. The molecule has 0 unspecified atom stereocenters. The molecule has 0 amide bonds. The van der Waals surface area contributed by atoms with Gasteiger partial charge < -0.3 is 10.6 Å². The maximum atomic E-state index is 13.6. The summed E-state index contributed by atoms with van der Waals surface area (Å²) in [5, 5.41) is 5.97. The van der Waals surface area contributed by atoms with Gasteiger partial charge in [0.25, 0.3) is 0 Å². The minimum atomic E-state index is -0.391.